The molecule has 1 heterocycles. The second kappa shape index (κ2) is 6.74. The van der Waals surface area contributed by atoms with Crippen molar-refractivity contribution in [2.24, 2.45) is 0 Å². The van der Waals surface area contributed by atoms with Crippen LogP contribution < -0.4 is 10.1 Å². The van der Waals surface area contributed by atoms with Gasteiger partial charge in [-0.3, -0.25) is 4.98 Å². The molecule has 0 aliphatic rings. The van der Waals surface area contributed by atoms with Crippen LogP contribution in [0.4, 0.5) is 0 Å². The predicted octanol–water partition coefficient (Wildman–Crippen LogP) is 3.54. The number of pyridine rings is 1. The number of hydrogen-bond donors (Lipinski definition) is 1. The molecule has 1 atom stereocenters. The summed E-state index contributed by atoms with van der Waals surface area (Å²) in [7, 11) is 0. The molecule has 0 amide bonds. The Morgan fingerprint density at radius 2 is 2.11 bits per heavy atom. The summed E-state index contributed by atoms with van der Waals surface area (Å²) < 4.78 is 5.95. The monoisotopic (exact) mass is 250 g/mol. The number of nitrogens with one attached hydrogen (secondary N) is 1. The molecule has 0 fully saturated rings. The Bertz CT molecular complexity index is 358. The van der Waals surface area contributed by atoms with Crippen LogP contribution in [0, 0.1) is 0 Å². The van der Waals surface area contributed by atoms with E-state index < -0.39 is 0 Å². The maximum absolute atomic E-state index is 5.95. The molecule has 1 N–H and O–H groups in total. The lowest BCUT2D eigenvalue weighted by molar-refractivity contribution is 0.206. The van der Waals surface area contributed by atoms with Crippen LogP contribution in [0.15, 0.2) is 18.5 Å². The van der Waals surface area contributed by atoms with Crippen LogP contribution in [-0.4, -0.2) is 16.6 Å². The lowest BCUT2D eigenvalue weighted by Crippen LogP contribution is -2.35. The fourth-order valence-corrected chi connectivity index (χ4v) is 1.70. The van der Waals surface area contributed by atoms with Crippen LogP contribution in [0.5, 0.6) is 5.75 Å². The first-order chi connectivity index (χ1) is 8.42. The summed E-state index contributed by atoms with van der Waals surface area (Å²) in [5.74, 6) is 0.898. The number of rotatable bonds is 6. The summed E-state index contributed by atoms with van der Waals surface area (Å²) in [6.07, 6.45) is 6.08. The Hall–Kier alpha value is -1.09. The molecule has 3 heteroatoms. The molecule has 0 radical (unpaired) electrons. The molecule has 0 aliphatic carbocycles. The maximum Gasteiger partial charge on any atom is 0.142 e. The van der Waals surface area contributed by atoms with Crippen molar-refractivity contribution in [3.63, 3.8) is 0 Å². The Balaban J connectivity index is 2.67. The second-order valence-electron chi connectivity index (χ2n) is 5.80. The van der Waals surface area contributed by atoms with E-state index in [2.05, 4.69) is 44.9 Å². The SMILES string of the molecule is CCCC(C)Oc1cnccc1CNC(C)(C)C. The zero-order valence-electron chi connectivity index (χ0n) is 12.3. The average Bonchev–Trinajstić information content (AvgIpc) is 2.27. The predicted molar refractivity (Wildman–Crippen MR) is 75.8 cm³/mol. The van der Waals surface area contributed by atoms with Crippen molar-refractivity contribution in [3.8, 4) is 5.75 Å². The summed E-state index contributed by atoms with van der Waals surface area (Å²) in [4.78, 5) is 4.15. The fourth-order valence-electron chi connectivity index (χ4n) is 1.70. The van der Waals surface area contributed by atoms with E-state index in [0.29, 0.717) is 0 Å². The van der Waals surface area contributed by atoms with Gasteiger partial charge in [0.1, 0.15) is 5.75 Å². The summed E-state index contributed by atoms with van der Waals surface area (Å²) in [5, 5.41) is 3.48. The van der Waals surface area contributed by atoms with Crippen molar-refractivity contribution < 1.29 is 4.74 Å². The quantitative estimate of drug-likeness (QED) is 0.838. The molecule has 1 aromatic heterocycles. The van der Waals surface area contributed by atoms with Gasteiger partial charge in [-0.05, 0) is 40.2 Å². The van der Waals surface area contributed by atoms with Gasteiger partial charge in [0.2, 0.25) is 0 Å². The first kappa shape index (κ1) is 15.0. The molecule has 0 bridgehead atoms. The lowest BCUT2D eigenvalue weighted by Gasteiger charge is -2.22. The molecule has 1 unspecified atom stereocenters. The van der Waals surface area contributed by atoms with Crippen molar-refractivity contribution >= 4 is 0 Å². The number of nitrogens with zero attached hydrogens (tertiary/aromatic N) is 1. The average molecular weight is 250 g/mol. The second-order valence-corrected chi connectivity index (χ2v) is 5.80. The largest absolute Gasteiger partial charge is 0.489 e. The van der Waals surface area contributed by atoms with E-state index >= 15 is 0 Å². The fraction of sp³-hybridized carbons (Fsp3) is 0.667. The highest BCUT2D eigenvalue weighted by Crippen LogP contribution is 2.19. The first-order valence-electron chi connectivity index (χ1n) is 6.77. The minimum absolute atomic E-state index is 0.107. The Morgan fingerprint density at radius 1 is 1.39 bits per heavy atom. The first-order valence-corrected chi connectivity index (χ1v) is 6.77. The molecule has 0 aliphatic heterocycles. The molecule has 0 spiro atoms. The van der Waals surface area contributed by atoms with Gasteiger partial charge >= 0.3 is 0 Å². The van der Waals surface area contributed by atoms with Crippen molar-refractivity contribution in [2.75, 3.05) is 0 Å². The van der Waals surface area contributed by atoms with Gasteiger partial charge in [0.25, 0.3) is 0 Å². The van der Waals surface area contributed by atoms with Crippen LogP contribution in [0.3, 0.4) is 0 Å². The van der Waals surface area contributed by atoms with E-state index in [1.165, 1.54) is 5.56 Å². The Labute approximate surface area is 111 Å². The van der Waals surface area contributed by atoms with E-state index in [0.717, 1.165) is 25.1 Å². The van der Waals surface area contributed by atoms with Crippen LogP contribution in [0.2, 0.25) is 0 Å². The lowest BCUT2D eigenvalue weighted by atomic mass is 10.1. The molecule has 3 nitrogen and oxygen atoms in total. The number of aromatic nitrogens is 1. The third kappa shape index (κ3) is 5.50. The summed E-state index contributed by atoms with van der Waals surface area (Å²) in [5.41, 5.74) is 1.28. The standard InChI is InChI=1S/C15H26N2O/c1-6-7-12(2)18-14-11-16-9-8-13(14)10-17-15(3,4)5/h8-9,11-12,17H,6-7,10H2,1-5H3. The molecule has 1 aromatic rings. The van der Waals surface area contributed by atoms with Gasteiger partial charge in [-0.2, -0.15) is 0 Å². The zero-order chi connectivity index (χ0) is 13.6. The highest BCUT2D eigenvalue weighted by molar-refractivity contribution is 5.30. The van der Waals surface area contributed by atoms with Crippen LogP contribution >= 0.6 is 0 Å². The molecule has 0 saturated carbocycles. The van der Waals surface area contributed by atoms with E-state index in [9.17, 15) is 0 Å². The number of ether oxygens (including phenoxy) is 1. The van der Waals surface area contributed by atoms with Gasteiger partial charge in [-0.1, -0.05) is 13.3 Å². The summed E-state index contributed by atoms with van der Waals surface area (Å²) in [6.45, 7) is 11.6. The third-order valence-corrected chi connectivity index (χ3v) is 2.70. The molecule has 0 saturated heterocycles. The van der Waals surface area contributed by atoms with Gasteiger partial charge < -0.3 is 10.1 Å². The topological polar surface area (TPSA) is 34.1 Å². The van der Waals surface area contributed by atoms with Crippen LogP contribution in [0.25, 0.3) is 0 Å². The molecule has 1 rings (SSSR count). The number of hydrogen-bond acceptors (Lipinski definition) is 3. The highest BCUT2D eigenvalue weighted by atomic mass is 16.5. The van der Waals surface area contributed by atoms with E-state index in [-0.39, 0.29) is 11.6 Å². The van der Waals surface area contributed by atoms with E-state index in [4.69, 9.17) is 4.74 Å². The molecular weight excluding hydrogens is 224 g/mol. The van der Waals surface area contributed by atoms with Crippen molar-refractivity contribution in [1.29, 1.82) is 0 Å². The Kier molecular flexibility index (Phi) is 5.60. The molecular formula is C15H26N2O. The summed E-state index contributed by atoms with van der Waals surface area (Å²) in [6, 6.07) is 2.02. The Morgan fingerprint density at radius 3 is 2.72 bits per heavy atom. The van der Waals surface area contributed by atoms with Gasteiger partial charge in [-0.15, -0.1) is 0 Å². The minimum Gasteiger partial charge on any atom is -0.489 e. The van der Waals surface area contributed by atoms with Gasteiger partial charge in [0, 0.05) is 23.8 Å². The highest BCUT2D eigenvalue weighted by Gasteiger charge is 2.12. The minimum atomic E-state index is 0.107. The van der Waals surface area contributed by atoms with Crippen molar-refractivity contribution in [2.45, 2.75) is 65.6 Å². The smallest absolute Gasteiger partial charge is 0.142 e. The molecule has 102 valence electrons. The van der Waals surface area contributed by atoms with Crippen molar-refractivity contribution in [1.82, 2.24) is 10.3 Å². The van der Waals surface area contributed by atoms with Gasteiger partial charge in [-0.25, -0.2) is 0 Å². The zero-order valence-corrected chi connectivity index (χ0v) is 12.3. The molecule has 0 aromatic carbocycles. The third-order valence-electron chi connectivity index (χ3n) is 2.70. The van der Waals surface area contributed by atoms with E-state index in [1.54, 1.807) is 0 Å². The van der Waals surface area contributed by atoms with Crippen LogP contribution in [-0.2, 0) is 6.54 Å². The van der Waals surface area contributed by atoms with Gasteiger partial charge in [0.15, 0.2) is 0 Å². The maximum atomic E-state index is 5.95. The van der Waals surface area contributed by atoms with Gasteiger partial charge in [0.05, 0.1) is 12.3 Å². The molecule has 18 heavy (non-hydrogen) atoms. The summed E-state index contributed by atoms with van der Waals surface area (Å²) >= 11 is 0. The van der Waals surface area contributed by atoms with E-state index in [1.807, 2.05) is 18.5 Å². The normalized spacial score (nSPS) is 13.4. The van der Waals surface area contributed by atoms with Crippen LogP contribution in [0.1, 0.15) is 53.0 Å². The van der Waals surface area contributed by atoms with Crippen molar-refractivity contribution in [3.05, 3.63) is 24.0 Å².